The predicted molar refractivity (Wildman–Crippen MR) is 142 cm³/mol. The number of piperidine rings is 1. The number of nitrogens with zero attached hydrogens (tertiary/aromatic N) is 3. The average molecular weight is 489 g/mol. The van der Waals surface area contributed by atoms with Gasteiger partial charge in [0.05, 0.1) is 23.1 Å². The lowest BCUT2D eigenvalue weighted by atomic mass is 9.90. The van der Waals surface area contributed by atoms with E-state index in [2.05, 4.69) is 22.5 Å². The van der Waals surface area contributed by atoms with Crippen LogP contribution in [0.15, 0.2) is 48.7 Å². The topological polar surface area (TPSA) is 76.5 Å². The predicted octanol–water partition coefficient (Wildman–Crippen LogP) is 6.16. The highest BCUT2D eigenvalue weighted by atomic mass is 16.6. The first-order valence-corrected chi connectivity index (χ1v) is 12.5. The van der Waals surface area contributed by atoms with Gasteiger partial charge in [-0.1, -0.05) is 29.8 Å². The smallest absolute Gasteiger partial charge is 0.410 e. The number of amides is 2. The first kappa shape index (κ1) is 25.5. The molecule has 1 aliphatic heterocycles. The van der Waals surface area contributed by atoms with E-state index in [0.717, 1.165) is 46.6 Å². The number of ether oxygens (including phenoxy) is 1. The van der Waals surface area contributed by atoms with E-state index in [9.17, 15) is 9.59 Å². The highest BCUT2D eigenvalue weighted by Crippen LogP contribution is 2.33. The Balaban J connectivity index is 1.63. The van der Waals surface area contributed by atoms with E-state index in [-0.39, 0.29) is 17.9 Å². The number of hydrogen-bond donors (Lipinski definition) is 1. The first-order valence-electron chi connectivity index (χ1n) is 12.5. The lowest BCUT2D eigenvalue weighted by molar-refractivity contribution is 0.0203. The summed E-state index contributed by atoms with van der Waals surface area (Å²) in [5.41, 5.74) is 5.91. The Morgan fingerprint density at radius 3 is 2.33 bits per heavy atom. The third kappa shape index (κ3) is 5.78. The van der Waals surface area contributed by atoms with Crippen molar-refractivity contribution in [3.05, 3.63) is 76.6 Å². The fraction of sp³-hybridized carbons (Fsp3) is 0.414. The van der Waals surface area contributed by atoms with Crippen molar-refractivity contribution in [1.29, 1.82) is 0 Å². The lowest BCUT2D eigenvalue weighted by Gasteiger charge is -2.34. The van der Waals surface area contributed by atoms with Crippen LogP contribution in [0.1, 0.15) is 72.3 Å². The summed E-state index contributed by atoms with van der Waals surface area (Å²) in [6.07, 6.45) is 2.82. The van der Waals surface area contributed by atoms with Crippen molar-refractivity contribution in [1.82, 2.24) is 14.7 Å². The summed E-state index contributed by atoms with van der Waals surface area (Å²) in [5, 5.41) is 7.74. The Bertz CT molecular complexity index is 1260. The highest BCUT2D eigenvalue weighted by molar-refractivity contribution is 6.05. The third-order valence-electron chi connectivity index (χ3n) is 6.46. The van der Waals surface area contributed by atoms with Crippen molar-refractivity contribution in [2.75, 3.05) is 18.4 Å². The van der Waals surface area contributed by atoms with Gasteiger partial charge in [0.25, 0.3) is 5.91 Å². The van der Waals surface area contributed by atoms with Crippen LogP contribution in [0, 0.1) is 20.8 Å². The summed E-state index contributed by atoms with van der Waals surface area (Å²) in [6, 6.07) is 14.1. The number of aromatic nitrogens is 2. The van der Waals surface area contributed by atoms with Gasteiger partial charge >= 0.3 is 6.09 Å². The molecule has 2 aromatic carbocycles. The number of rotatable bonds is 4. The molecule has 0 unspecified atom stereocenters. The van der Waals surface area contributed by atoms with Crippen molar-refractivity contribution in [3.63, 3.8) is 0 Å². The van der Waals surface area contributed by atoms with E-state index < -0.39 is 5.60 Å². The SMILES string of the molecule is Cc1cccc(-n2ncc(C(=O)Nc3ccc(C)cc3C)c2C2CCN(C(=O)OC(C)(C)C)CC2)c1. The zero-order valence-electron chi connectivity index (χ0n) is 22.1. The Labute approximate surface area is 213 Å². The monoisotopic (exact) mass is 488 g/mol. The summed E-state index contributed by atoms with van der Waals surface area (Å²) in [5.74, 6) is -0.100. The first-order chi connectivity index (χ1) is 17.0. The molecular weight excluding hydrogens is 452 g/mol. The van der Waals surface area contributed by atoms with Crippen LogP contribution in [-0.4, -0.2) is 45.4 Å². The molecule has 7 nitrogen and oxygen atoms in total. The molecule has 1 aliphatic rings. The van der Waals surface area contributed by atoms with Crippen LogP contribution < -0.4 is 5.32 Å². The minimum absolute atomic E-state index is 0.0755. The molecule has 0 aliphatic carbocycles. The summed E-state index contributed by atoms with van der Waals surface area (Å²) >= 11 is 0. The Hall–Kier alpha value is -3.61. The molecule has 0 atom stereocenters. The van der Waals surface area contributed by atoms with Gasteiger partial charge in [-0.3, -0.25) is 4.79 Å². The third-order valence-corrected chi connectivity index (χ3v) is 6.46. The lowest BCUT2D eigenvalue weighted by Crippen LogP contribution is -2.41. The van der Waals surface area contributed by atoms with Crippen molar-refractivity contribution < 1.29 is 14.3 Å². The number of likely N-dealkylation sites (tertiary alicyclic amines) is 1. The van der Waals surface area contributed by atoms with Crippen LogP contribution >= 0.6 is 0 Å². The van der Waals surface area contributed by atoms with Crippen LogP contribution in [0.4, 0.5) is 10.5 Å². The number of nitrogens with one attached hydrogen (secondary N) is 1. The van der Waals surface area contributed by atoms with Crippen LogP contribution in [0.2, 0.25) is 0 Å². The van der Waals surface area contributed by atoms with Gasteiger partial charge in [-0.15, -0.1) is 0 Å². The van der Waals surface area contributed by atoms with Gasteiger partial charge in [0.1, 0.15) is 5.60 Å². The molecule has 2 amide bonds. The van der Waals surface area contributed by atoms with Crippen molar-refractivity contribution in [2.45, 2.75) is 65.9 Å². The summed E-state index contributed by atoms with van der Waals surface area (Å²) in [7, 11) is 0. The maximum Gasteiger partial charge on any atom is 0.410 e. The molecule has 0 saturated carbocycles. The Kier molecular flexibility index (Phi) is 7.20. The number of benzene rings is 2. The molecule has 1 aromatic heterocycles. The second-order valence-electron chi connectivity index (χ2n) is 10.7. The maximum atomic E-state index is 13.5. The van der Waals surface area contributed by atoms with E-state index in [1.165, 1.54) is 0 Å². The van der Waals surface area contributed by atoms with E-state index >= 15 is 0 Å². The van der Waals surface area contributed by atoms with Gasteiger partial charge in [-0.25, -0.2) is 9.48 Å². The minimum Gasteiger partial charge on any atom is -0.444 e. The molecule has 1 N–H and O–H groups in total. The molecular formula is C29H36N4O3. The molecule has 4 rings (SSSR count). The molecule has 36 heavy (non-hydrogen) atoms. The van der Waals surface area contributed by atoms with E-state index in [0.29, 0.717) is 18.7 Å². The minimum atomic E-state index is -0.531. The van der Waals surface area contributed by atoms with Gasteiger partial charge in [-0.05, 0) is 83.7 Å². The van der Waals surface area contributed by atoms with Crippen molar-refractivity contribution in [2.24, 2.45) is 0 Å². The van der Waals surface area contributed by atoms with E-state index in [1.54, 1.807) is 11.1 Å². The second-order valence-corrected chi connectivity index (χ2v) is 10.7. The fourth-order valence-electron chi connectivity index (χ4n) is 4.70. The van der Waals surface area contributed by atoms with Crippen molar-refractivity contribution in [3.8, 4) is 5.69 Å². The number of carbonyl (C=O) groups is 2. The molecule has 0 bridgehead atoms. The van der Waals surface area contributed by atoms with Gasteiger partial charge in [-0.2, -0.15) is 5.10 Å². The molecule has 7 heteroatoms. The average Bonchev–Trinajstić information content (AvgIpc) is 3.25. The largest absolute Gasteiger partial charge is 0.444 e. The summed E-state index contributed by atoms with van der Waals surface area (Å²) in [4.78, 5) is 27.9. The van der Waals surface area contributed by atoms with Gasteiger partial charge in [0, 0.05) is 24.7 Å². The van der Waals surface area contributed by atoms with E-state index in [4.69, 9.17) is 4.74 Å². The standard InChI is InChI=1S/C29H36N4O3/c1-19-8-7-9-23(17-19)33-26(22-12-14-32(15-13-22)28(35)36-29(4,5)6)24(18-30-33)27(34)31-25-11-10-20(2)16-21(25)3/h7-11,16-18,22H,12-15H2,1-6H3,(H,31,34). The molecule has 2 heterocycles. The normalized spacial score (nSPS) is 14.6. The van der Waals surface area contributed by atoms with Crippen LogP contribution in [0.5, 0.6) is 0 Å². The van der Waals surface area contributed by atoms with Gasteiger partial charge in [0.2, 0.25) is 0 Å². The number of aryl methyl sites for hydroxylation is 3. The molecule has 190 valence electrons. The highest BCUT2D eigenvalue weighted by Gasteiger charge is 2.32. The molecule has 1 fully saturated rings. The molecule has 0 spiro atoms. The molecule has 0 radical (unpaired) electrons. The summed E-state index contributed by atoms with van der Waals surface area (Å²) < 4.78 is 7.45. The number of anilines is 1. The fourth-order valence-corrected chi connectivity index (χ4v) is 4.70. The number of hydrogen-bond acceptors (Lipinski definition) is 4. The van der Waals surface area contributed by atoms with Crippen LogP contribution in [0.25, 0.3) is 5.69 Å². The maximum absolute atomic E-state index is 13.5. The Morgan fingerprint density at radius 1 is 1.00 bits per heavy atom. The molecule has 1 saturated heterocycles. The zero-order chi connectivity index (χ0) is 26.0. The molecule has 3 aromatic rings. The van der Waals surface area contributed by atoms with Gasteiger partial charge in [0.15, 0.2) is 0 Å². The van der Waals surface area contributed by atoms with Crippen LogP contribution in [0.3, 0.4) is 0 Å². The van der Waals surface area contributed by atoms with E-state index in [1.807, 2.05) is 76.6 Å². The quantitative estimate of drug-likeness (QED) is 0.477. The zero-order valence-corrected chi connectivity index (χ0v) is 22.1. The van der Waals surface area contributed by atoms with Crippen molar-refractivity contribution >= 4 is 17.7 Å². The van der Waals surface area contributed by atoms with Gasteiger partial charge < -0.3 is 15.0 Å². The second kappa shape index (κ2) is 10.2. The summed E-state index contributed by atoms with van der Waals surface area (Å²) in [6.45, 7) is 12.8. The Morgan fingerprint density at radius 2 is 1.69 bits per heavy atom. The number of carbonyl (C=O) groups excluding carboxylic acids is 2. The van der Waals surface area contributed by atoms with Crippen LogP contribution in [-0.2, 0) is 4.74 Å².